The number of methoxy groups -OCH3 is 1. The number of rotatable bonds is 7. The van der Waals surface area contributed by atoms with Gasteiger partial charge >= 0.3 is 0 Å². The van der Waals surface area contributed by atoms with Gasteiger partial charge in [-0.25, -0.2) is 0 Å². The molecule has 2 aromatic heterocycles. The van der Waals surface area contributed by atoms with Gasteiger partial charge in [-0.2, -0.15) is 0 Å². The Kier molecular flexibility index (Phi) is 6.49. The number of aromatic nitrogens is 2. The van der Waals surface area contributed by atoms with Crippen LogP contribution in [0.2, 0.25) is 5.02 Å². The van der Waals surface area contributed by atoms with Crippen molar-refractivity contribution in [1.29, 1.82) is 0 Å². The van der Waals surface area contributed by atoms with E-state index in [0.717, 1.165) is 23.1 Å². The second-order valence-electron chi connectivity index (χ2n) is 7.78. The molecule has 0 saturated carbocycles. The number of carbonyl (C=O) groups is 1. The molecule has 33 heavy (non-hydrogen) atoms. The summed E-state index contributed by atoms with van der Waals surface area (Å²) < 4.78 is 10.0. The lowest BCUT2D eigenvalue weighted by molar-refractivity contribution is 0.0999. The van der Waals surface area contributed by atoms with Crippen molar-refractivity contribution in [3.63, 3.8) is 0 Å². The lowest BCUT2D eigenvalue weighted by atomic mass is 9.95. The molecule has 4 aromatic rings. The number of alkyl halides is 1. The van der Waals surface area contributed by atoms with E-state index in [1.165, 1.54) is 24.3 Å². The van der Waals surface area contributed by atoms with Gasteiger partial charge in [0.2, 0.25) is 17.4 Å². The largest absolute Gasteiger partial charge is 0.494 e. The van der Waals surface area contributed by atoms with E-state index in [-0.39, 0.29) is 23.1 Å². The average molecular weight is 485 g/mol. The van der Waals surface area contributed by atoms with Gasteiger partial charge in [-0.1, -0.05) is 41.4 Å². The van der Waals surface area contributed by atoms with Crippen molar-refractivity contribution in [2.24, 2.45) is 0 Å². The number of H-pyrrole nitrogens is 1. The van der Waals surface area contributed by atoms with E-state index in [1.807, 2.05) is 24.3 Å². The number of nitrogens with one attached hydrogen (secondary N) is 1. The predicted octanol–water partition coefficient (Wildman–Crippen LogP) is 6.84. The Bertz CT molecular complexity index is 1360. The topological polar surface area (TPSA) is 88.4 Å². The number of carbonyl (C=O) groups excluding carboxylic acids is 1. The molecule has 0 aliphatic rings. The van der Waals surface area contributed by atoms with E-state index < -0.39 is 5.78 Å². The number of fused-ring (bicyclic) bond motifs is 1. The van der Waals surface area contributed by atoms with E-state index in [4.69, 9.17) is 32.5 Å². The van der Waals surface area contributed by atoms with Gasteiger partial charge < -0.3 is 19.4 Å². The van der Waals surface area contributed by atoms with Crippen molar-refractivity contribution in [2.45, 2.75) is 20.3 Å². The molecule has 4 rings (SSSR count). The molecule has 0 unspecified atom stereocenters. The minimum atomic E-state index is -0.521. The summed E-state index contributed by atoms with van der Waals surface area (Å²) >= 11 is 12.5. The van der Waals surface area contributed by atoms with Gasteiger partial charge in [0.05, 0.1) is 29.3 Å². The molecule has 0 spiro atoms. The first-order chi connectivity index (χ1) is 15.8. The Morgan fingerprint density at radius 2 is 1.91 bits per heavy atom. The first kappa shape index (κ1) is 23.0. The minimum absolute atomic E-state index is 0.0440. The number of aromatic hydroxyl groups is 1. The highest BCUT2D eigenvalue weighted by molar-refractivity contribution is 6.34. The lowest BCUT2D eigenvalue weighted by Gasteiger charge is -2.11. The van der Waals surface area contributed by atoms with Crippen LogP contribution in [-0.4, -0.2) is 34.0 Å². The Labute approximate surface area is 200 Å². The molecule has 6 nitrogen and oxygen atoms in total. The fraction of sp³-hybridized carbons (Fsp3) is 0.200. The van der Waals surface area contributed by atoms with Gasteiger partial charge in [0.1, 0.15) is 0 Å². The summed E-state index contributed by atoms with van der Waals surface area (Å²) in [7, 11) is 1.42. The molecule has 0 saturated heterocycles. The van der Waals surface area contributed by atoms with Gasteiger partial charge in [-0.15, -0.1) is 11.6 Å². The zero-order valence-electron chi connectivity index (χ0n) is 18.3. The maximum Gasteiger partial charge on any atom is 0.254 e. The van der Waals surface area contributed by atoms with Crippen LogP contribution >= 0.6 is 23.2 Å². The molecule has 0 aliphatic heterocycles. The number of aromatic amines is 1. The molecule has 0 atom stereocenters. The molecule has 170 valence electrons. The van der Waals surface area contributed by atoms with Crippen LogP contribution in [0.5, 0.6) is 11.8 Å². The third-order valence-electron chi connectivity index (χ3n) is 5.51. The number of nitrogens with zero attached hydrogens (tertiary/aromatic N) is 1. The van der Waals surface area contributed by atoms with E-state index >= 15 is 0 Å². The zero-order chi connectivity index (χ0) is 23.7. The summed E-state index contributed by atoms with van der Waals surface area (Å²) in [5.41, 5.74) is 5.75. The van der Waals surface area contributed by atoms with Crippen LogP contribution in [-0.2, 0) is 0 Å². The third kappa shape index (κ3) is 4.36. The minimum Gasteiger partial charge on any atom is -0.494 e. The summed E-state index contributed by atoms with van der Waals surface area (Å²) in [5, 5.41) is 15.1. The van der Waals surface area contributed by atoms with Gasteiger partial charge in [-0.05, 0) is 54.3 Å². The van der Waals surface area contributed by atoms with Crippen molar-refractivity contribution in [3.05, 3.63) is 69.9 Å². The van der Waals surface area contributed by atoms with Crippen molar-refractivity contribution in [1.82, 2.24) is 10.1 Å². The zero-order valence-corrected chi connectivity index (χ0v) is 19.8. The smallest absolute Gasteiger partial charge is 0.254 e. The highest BCUT2D eigenvalue weighted by Gasteiger charge is 2.25. The van der Waals surface area contributed by atoms with Crippen LogP contribution in [0.4, 0.5) is 0 Å². The molecular formula is C25H22Cl2N2O4. The molecule has 2 aromatic carbocycles. The average Bonchev–Trinajstić information content (AvgIpc) is 3.40. The molecule has 2 N–H and O–H groups in total. The molecule has 0 radical (unpaired) electrons. The number of hydrogen-bond acceptors (Lipinski definition) is 5. The summed E-state index contributed by atoms with van der Waals surface area (Å²) in [6, 6.07) is 12.9. The van der Waals surface area contributed by atoms with E-state index in [2.05, 4.69) is 24.0 Å². The molecular weight excluding hydrogens is 463 g/mol. The number of ketones is 1. The Morgan fingerprint density at radius 1 is 1.18 bits per heavy atom. The van der Waals surface area contributed by atoms with Crippen molar-refractivity contribution >= 4 is 45.5 Å². The van der Waals surface area contributed by atoms with Gasteiger partial charge in [-0.3, -0.25) is 4.79 Å². The second kappa shape index (κ2) is 9.33. The first-order valence-electron chi connectivity index (χ1n) is 10.3. The molecule has 2 heterocycles. The molecule has 0 aliphatic carbocycles. The van der Waals surface area contributed by atoms with Gasteiger partial charge in [0, 0.05) is 16.8 Å². The molecule has 0 bridgehead atoms. The molecule has 0 fully saturated rings. The summed E-state index contributed by atoms with van der Waals surface area (Å²) in [4.78, 5) is 15.8. The normalized spacial score (nSPS) is 11.1. The van der Waals surface area contributed by atoms with E-state index in [0.29, 0.717) is 21.8 Å². The Hall–Kier alpha value is -3.22. The Morgan fingerprint density at radius 3 is 2.52 bits per heavy atom. The van der Waals surface area contributed by atoms with Crippen molar-refractivity contribution in [3.8, 4) is 22.9 Å². The van der Waals surface area contributed by atoms with Crippen molar-refractivity contribution in [2.75, 3.05) is 13.0 Å². The Balaban J connectivity index is 1.78. The third-order valence-corrected chi connectivity index (χ3v) is 6.01. The fourth-order valence-corrected chi connectivity index (χ4v) is 4.33. The van der Waals surface area contributed by atoms with Crippen LogP contribution in [0.15, 0.2) is 52.6 Å². The number of halogens is 2. The van der Waals surface area contributed by atoms with E-state index in [1.54, 1.807) is 12.1 Å². The van der Waals surface area contributed by atoms with Crippen molar-refractivity contribution < 1.29 is 19.2 Å². The molecule has 0 amide bonds. The maximum absolute atomic E-state index is 13.0. The highest BCUT2D eigenvalue weighted by atomic mass is 35.5. The van der Waals surface area contributed by atoms with E-state index in [9.17, 15) is 9.90 Å². The maximum atomic E-state index is 13.0. The number of benzene rings is 2. The second-order valence-corrected chi connectivity index (χ2v) is 8.57. The summed E-state index contributed by atoms with van der Waals surface area (Å²) in [6.07, 6.45) is 0.788. The lowest BCUT2D eigenvalue weighted by Crippen LogP contribution is -1.99. The molecule has 8 heteroatoms. The highest BCUT2D eigenvalue weighted by Crippen LogP contribution is 2.38. The summed E-state index contributed by atoms with van der Waals surface area (Å²) in [6.45, 7) is 4.14. The van der Waals surface area contributed by atoms with Gasteiger partial charge in [0.15, 0.2) is 0 Å². The van der Waals surface area contributed by atoms with Crippen LogP contribution in [0.3, 0.4) is 0 Å². The van der Waals surface area contributed by atoms with Crippen LogP contribution < -0.4 is 4.74 Å². The number of ether oxygens (including phenoxy) is 1. The predicted molar refractivity (Wildman–Crippen MR) is 131 cm³/mol. The van der Waals surface area contributed by atoms with Crippen LogP contribution in [0.1, 0.15) is 41.9 Å². The number of allylic oxidation sites excluding steroid dienone is 2. The first-order valence-corrected chi connectivity index (χ1v) is 11.2. The monoisotopic (exact) mass is 484 g/mol. The number of hydrogen-bond donors (Lipinski definition) is 2. The fourth-order valence-electron chi connectivity index (χ4n) is 3.87. The van der Waals surface area contributed by atoms with Crippen LogP contribution in [0, 0.1) is 0 Å². The van der Waals surface area contributed by atoms with Gasteiger partial charge in [0.25, 0.3) is 5.88 Å². The SMILES string of the molecule is COc1cc(C(=O)c2c(O)[nH]c3cc(Cl)c(-c4ccc(C(CCCl)=C(C)C)cc4)cc23)on1. The quantitative estimate of drug-likeness (QED) is 0.221. The van der Waals surface area contributed by atoms with Crippen LogP contribution in [0.25, 0.3) is 27.6 Å². The summed E-state index contributed by atoms with van der Waals surface area (Å²) in [5.74, 6) is -0.116. The standard InChI is InChI=1S/C25H22Cl2N2O4/c1-13(2)16(8-9-26)14-4-6-15(7-5-14)17-10-18-20(11-19(17)27)28-25(31)23(18)24(30)21-12-22(32-3)29-33-21/h4-7,10-12,28,31H,8-9H2,1-3H3.